The maximum atomic E-state index is 12.5. The van der Waals surface area contributed by atoms with E-state index in [1.165, 1.54) is 24.8 Å². The molecule has 1 fully saturated rings. The zero-order chi connectivity index (χ0) is 14.2. The van der Waals surface area contributed by atoms with Crippen LogP contribution in [0.2, 0.25) is 0 Å². The molecule has 2 N–H and O–H groups in total. The molecule has 110 valence electrons. The van der Waals surface area contributed by atoms with Gasteiger partial charge in [-0.25, -0.2) is 0 Å². The van der Waals surface area contributed by atoms with Crippen LogP contribution < -0.4 is 5.73 Å². The number of carbonyl (C=O) groups excluding carboxylic acids is 1. The Balaban J connectivity index is 2.04. The first-order chi connectivity index (χ1) is 9.81. The summed E-state index contributed by atoms with van der Waals surface area (Å²) in [5.74, 6) is 0.270. The molecule has 0 aromatic heterocycles. The second-order valence-electron chi connectivity index (χ2n) is 5.69. The summed E-state index contributed by atoms with van der Waals surface area (Å²) in [5.41, 5.74) is 6.76. The van der Waals surface area contributed by atoms with E-state index in [0.29, 0.717) is 19.0 Å². The highest BCUT2D eigenvalue weighted by Gasteiger charge is 2.24. The van der Waals surface area contributed by atoms with Crippen LogP contribution in [-0.2, 0) is 11.3 Å². The number of carbonyl (C=O) groups is 1. The van der Waals surface area contributed by atoms with E-state index >= 15 is 0 Å². The Bertz CT molecular complexity index is 399. The number of nitrogens with two attached hydrogens (primary N) is 1. The standard InChI is InChI=1S/C17H26N2O/c18-13-7-12-17(20)19(16-10-5-2-6-11-16)14-15-8-3-1-4-9-15/h1,3-4,8-9,16H,2,5-7,10-14,18H2. The fourth-order valence-corrected chi connectivity index (χ4v) is 2.99. The molecule has 0 radical (unpaired) electrons. The van der Waals surface area contributed by atoms with Crippen molar-refractivity contribution in [1.82, 2.24) is 4.90 Å². The number of hydrogen-bond acceptors (Lipinski definition) is 2. The lowest BCUT2D eigenvalue weighted by Gasteiger charge is -2.34. The molecule has 1 saturated carbocycles. The van der Waals surface area contributed by atoms with E-state index in [2.05, 4.69) is 17.0 Å². The quantitative estimate of drug-likeness (QED) is 0.866. The molecule has 1 aromatic carbocycles. The first-order valence-electron chi connectivity index (χ1n) is 7.84. The average Bonchev–Trinajstić information content (AvgIpc) is 2.52. The summed E-state index contributed by atoms with van der Waals surface area (Å²) in [6.07, 6.45) is 7.49. The van der Waals surface area contributed by atoms with Crippen LogP contribution in [0.5, 0.6) is 0 Å². The fraction of sp³-hybridized carbons (Fsp3) is 0.588. The van der Waals surface area contributed by atoms with Crippen molar-refractivity contribution in [3.8, 4) is 0 Å². The van der Waals surface area contributed by atoms with Gasteiger partial charge >= 0.3 is 0 Å². The van der Waals surface area contributed by atoms with Crippen LogP contribution in [0.4, 0.5) is 0 Å². The van der Waals surface area contributed by atoms with Gasteiger partial charge in [0.2, 0.25) is 5.91 Å². The smallest absolute Gasteiger partial charge is 0.223 e. The highest BCUT2D eigenvalue weighted by Crippen LogP contribution is 2.25. The molecule has 1 aromatic rings. The molecule has 0 bridgehead atoms. The van der Waals surface area contributed by atoms with Crippen molar-refractivity contribution in [2.75, 3.05) is 6.54 Å². The predicted molar refractivity (Wildman–Crippen MR) is 82.2 cm³/mol. The van der Waals surface area contributed by atoms with E-state index in [1.54, 1.807) is 0 Å². The van der Waals surface area contributed by atoms with Gasteiger partial charge < -0.3 is 10.6 Å². The minimum atomic E-state index is 0.270. The van der Waals surface area contributed by atoms with Crippen molar-refractivity contribution >= 4 is 5.91 Å². The van der Waals surface area contributed by atoms with E-state index in [1.807, 2.05) is 18.2 Å². The van der Waals surface area contributed by atoms with Crippen molar-refractivity contribution in [1.29, 1.82) is 0 Å². The van der Waals surface area contributed by atoms with Gasteiger partial charge in [-0.3, -0.25) is 4.79 Å². The summed E-state index contributed by atoms with van der Waals surface area (Å²) in [5, 5.41) is 0. The Labute approximate surface area is 122 Å². The monoisotopic (exact) mass is 274 g/mol. The van der Waals surface area contributed by atoms with Gasteiger partial charge in [-0.1, -0.05) is 49.6 Å². The molecule has 3 nitrogen and oxygen atoms in total. The van der Waals surface area contributed by atoms with E-state index in [0.717, 1.165) is 25.8 Å². The van der Waals surface area contributed by atoms with Gasteiger partial charge in [0, 0.05) is 19.0 Å². The Hall–Kier alpha value is -1.35. The van der Waals surface area contributed by atoms with Gasteiger partial charge in [0.1, 0.15) is 0 Å². The topological polar surface area (TPSA) is 46.3 Å². The average molecular weight is 274 g/mol. The molecule has 1 amide bonds. The van der Waals surface area contributed by atoms with Crippen LogP contribution in [0.15, 0.2) is 30.3 Å². The molecule has 0 heterocycles. The Kier molecular flexibility index (Phi) is 6.06. The molecule has 2 rings (SSSR count). The van der Waals surface area contributed by atoms with Crippen LogP contribution in [0, 0.1) is 0 Å². The van der Waals surface area contributed by atoms with Gasteiger partial charge in [-0.15, -0.1) is 0 Å². The van der Waals surface area contributed by atoms with Gasteiger partial charge in [0.25, 0.3) is 0 Å². The first-order valence-corrected chi connectivity index (χ1v) is 7.84. The summed E-state index contributed by atoms with van der Waals surface area (Å²) < 4.78 is 0. The lowest BCUT2D eigenvalue weighted by Crippen LogP contribution is -2.41. The van der Waals surface area contributed by atoms with Crippen LogP contribution in [0.25, 0.3) is 0 Å². The molecule has 0 unspecified atom stereocenters. The third-order valence-corrected chi connectivity index (χ3v) is 4.13. The van der Waals surface area contributed by atoms with E-state index in [4.69, 9.17) is 5.73 Å². The number of hydrogen-bond donors (Lipinski definition) is 1. The summed E-state index contributed by atoms with van der Waals surface area (Å²) in [4.78, 5) is 14.6. The second-order valence-corrected chi connectivity index (χ2v) is 5.69. The molecule has 0 spiro atoms. The molecular formula is C17H26N2O. The maximum Gasteiger partial charge on any atom is 0.223 e. The molecule has 0 aliphatic heterocycles. The van der Waals surface area contributed by atoms with Gasteiger partial charge in [-0.2, -0.15) is 0 Å². The van der Waals surface area contributed by atoms with Gasteiger partial charge in [0.05, 0.1) is 0 Å². The third kappa shape index (κ3) is 4.34. The number of benzene rings is 1. The molecule has 20 heavy (non-hydrogen) atoms. The molecular weight excluding hydrogens is 248 g/mol. The summed E-state index contributed by atoms with van der Waals surface area (Å²) in [6, 6.07) is 10.7. The highest BCUT2D eigenvalue weighted by molar-refractivity contribution is 5.76. The number of amides is 1. The Morgan fingerprint density at radius 1 is 1.15 bits per heavy atom. The van der Waals surface area contributed by atoms with Crippen LogP contribution >= 0.6 is 0 Å². The van der Waals surface area contributed by atoms with Crippen molar-refractivity contribution in [3.63, 3.8) is 0 Å². The lowest BCUT2D eigenvalue weighted by atomic mass is 9.93. The van der Waals surface area contributed by atoms with Crippen LogP contribution in [0.3, 0.4) is 0 Å². The summed E-state index contributed by atoms with van der Waals surface area (Å²) in [6.45, 7) is 1.34. The normalized spacial score (nSPS) is 16.1. The molecule has 1 aliphatic carbocycles. The predicted octanol–water partition coefficient (Wildman–Crippen LogP) is 3.09. The minimum Gasteiger partial charge on any atom is -0.335 e. The molecule has 0 atom stereocenters. The molecule has 0 saturated heterocycles. The van der Waals surface area contributed by atoms with E-state index < -0.39 is 0 Å². The first kappa shape index (κ1) is 15.0. The van der Waals surface area contributed by atoms with Crippen LogP contribution in [-0.4, -0.2) is 23.4 Å². The molecule has 1 aliphatic rings. The van der Waals surface area contributed by atoms with Crippen molar-refractivity contribution < 1.29 is 4.79 Å². The van der Waals surface area contributed by atoms with Crippen molar-refractivity contribution in [3.05, 3.63) is 35.9 Å². The minimum absolute atomic E-state index is 0.270. The fourth-order valence-electron chi connectivity index (χ4n) is 2.99. The largest absolute Gasteiger partial charge is 0.335 e. The van der Waals surface area contributed by atoms with Gasteiger partial charge in [-0.05, 0) is 31.4 Å². The lowest BCUT2D eigenvalue weighted by molar-refractivity contribution is -0.135. The SMILES string of the molecule is NCCCC(=O)N(Cc1ccccc1)C1CCCCC1. The number of rotatable bonds is 6. The maximum absolute atomic E-state index is 12.5. The third-order valence-electron chi connectivity index (χ3n) is 4.13. The Morgan fingerprint density at radius 2 is 1.85 bits per heavy atom. The summed E-state index contributed by atoms with van der Waals surface area (Å²) >= 11 is 0. The second kappa shape index (κ2) is 8.05. The van der Waals surface area contributed by atoms with Crippen molar-refractivity contribution in [2.24, 2.45) is 5.73 Å². The van der Waals surface area contributed by atoms with Crippen LogP contribution in [0.1, 0.15) is 50.5 Å². The van der Waals surface area contributed by atoms with E-state index in [9.17, 15) is 4.79 Å². The zero-order valence-electron chi connectivity index (χ0n) is 12.3. The summed E-state index contributed by atoms with van der Waals surface area (Å²) in [7, 11) is 0. The highest BCUT2D eigenvalue weighted by atomic mass is 16.2. The molecule has 3 heteroatoms. The van der Waals surface area contributed by atoms with E-state index in [-0.39, 0.29) is 5.91 Å². The zero-order valence-corrected chi connectivity index (χ0v) is 12.3. The number of nitrogens with zero attached hydrogens (tertiary/aromatic N) is 1. The van der Waals surface area contributed by atoms with Gasteiger partial charge in [0.15, 0.2) is 0 Å². The van der Waals surface area contributed by atoms with Crippen molar-refractivity contribution in [2.45, 2.75) is 57.5 Å². The Morgan fingerprint density at radius 3 is 2.50 bits per heavy atom.